The van der Waals surface area contributed by atoms with Crippen molar-refractivity contribution in [3.05, 3.63) is 18.2 Å². The highest BCUT2D eigenvalue weighted by atomic mass is 16.2. The van der Waals surface area contributed by atoms with Crippen molar-refractivity contribution < 1.29 is 4.79 Å². The fraction of sp³-hybridized carbons (Fsp3) is 0.750. The normalized spacial score (nSPS) is 26.7. The van der Waals surface area contributed by atoms with Crippen LogP contribution in [0.15, 0.2) is 12.4 Å². The van der Waals surface area contributed by atoms with Gasteiger partial charge in [-0.3, -0.25) is 9.69 Å². The number of nitrogens with zero attached hydrogens (tertiary/aromatic N) is 4. The summed E-state index contributed by atoms with van der Waals surface area (Å²) >= 11 is 0. The maximum Gasteiger partial charge on any atom is 0.222 e. The molecule has 3 rings (SSSR count). The van der Waals surface area contributed by atoms with Crippen LogP contribution in [-0.2, 0) is 18.4 Å². The van der Waals surface area contributed by atoms with Crippen molar-refractivity contribution in [1.82, 2.24) is 19.4 Å². The molecule has 2 aliphatic rings. The van der Waals surface area contributed by atoms with Crippen molar-refractivity contribution in [3.8, 4) is 0 Å². The van der Waals surface area contributed by atoms with Crippen LogP contribution < -0.4 is 0 Å². The molecule has 21 heavy (non-hydrogen) atoms. The van der Waals surface area contributed by atoms with E-state index in [4.69, 9.17) is 0 Å². The highest BCUT2D eigenvalue weighted by Crippen LogP contribution is 2.31. The van der Waals surface area contributed by atoms with E-state index in [1.807, 2.05) is 19.3 Å². The van der Waals surface area contributed by atoms with E-state index < -0.39 is 0 Å². The minimum absolute atomic E-state index is 0.321. The fourth-order valence-electron chi connectivity index (χ4n) is 3.92. The molecule has 1 aromatic rings. The van der Waals surface area contributed by atoms with Gasteiger partial charge < -0.3 is 9.47 Å². The average molecular weight is 290 g/mol. The molecule has 2 unspecified atom stereocenters. The Balaban J connectivity index is 1.71. The minimum atomic E-state index is 0.321. The van der Waals surface area contributed by atoms with Crippen LogP contribution in [0.3, 0.4) is 0 Å². The van der Waals surface area contributed by atoms with Crippen LogP contribution >= 0.6 is 0 Å². The first kappa shape index (κ1) is 14.6. The van der Waals surface area contributed by atoms with E-state index in [1.54, 1.807) is 0 Å². The van der Waals surface area contributed by atoms with Crippen LogP contribution in [0.2, 0.25) is 0 Å². The zero-order chi connectivity index (χ0) is 14.8. The zero-order valence-electron chi connectivity index (χ0n) is 13.2. The molecule has 3 heterocycles. The molecule has 5 heteroatoms. The minimum Gasteiger partial charge on any atom is -0.338 e. The van der Waals surface area contributed by atoms with Gasteiger partial charge in [0.2, 0.25) is 5.91 Å². The van der Waals surface area contributed by atoms with Crippen LogP contribution in [0.25, 0.3) is 0 Å². The average Bonchev–Trinajstić information content (AvgIpc) is 3.20. The van der Waals surface area contributed by atoms with Crippen molar-refractivity contribution in [2.24, 2.45) is 7.05 Å². The maximum atomic E-state index is 12.1. The van der Waals surface area contributed by atoms with E-state index >= 15 is 0 Å². The van der Waals surface area contributed by atoms with E-state index in [0.29, 0.717) is 24.4 Å². The van der Waals surface area contributed by atoms with Crippen molar-refractivity contribution in [1.29, 1.82) is 0 Å². The summed E-state index contributed by atoms with van der Waals surface area (Å²) in [5.74, 6) is 1.44. The van der Waals surface area contributed by atoms with Crippen molar-refractivity contribution in [2.45, 2.75) is 57.7 Å². The first-order chi connectivity index (χ1) is 10.2. The van der Waals surface area contributed by atoms with E-state index in [1.165, 1.54) is 12.8 Å². The second-order valence-corrected chi connectivity index (χ2v) is 6.28. The van der Waals surface area contributed by atoms with Crippen LogP contribution in [0.1, 0.15) is 44.9 Å². The predicted octanol–water partition coefficient (Wildman–Crippen LogP) is 1.79. The van der Waals surface area contributed by atoms with Gasteiger partial charge in [-0.25, -0.2) is 4.98 Å². The molecule has 116 valence electrons. The second kappa shape index (κ2) is 6.18. The highest BCUT2D eigenvalue weighted by molar-refractivity contribution is 5.76. The van der Waals surface area contributed by atoms with E-state index in [9.17, 15) is 4.79 Å². The summed E-state index contributed by atoms with van der Waals surface area (Å²) in [7, 11) is 2.05. The quantitative estimate of drug-likeness (QED) is 0.849. The Hall–Kier alpha value is -1.36. The highest BCUT2D eigenvalue weighted by Gasteiger charge is 2.39. The Kier molecular flexibility index (Phi) is 4.29. The van der Waals surface area contributed by atoms with Gasteiger partial charge in [-0.15, -0.1) is 0 Å². The van der Waals surface area contributed by atoms with Gasteiger partial charge in [0.1, 0.15) is 5.82 Å². The summed E-state index contributed by atoms with van der Waals surface area (Å²) in [6.07, 6.45) is 9.26. The summed E-state index contributed by atoms with van der Waals surface area (Å²) in [5.41, 5.74) is 0. The first-order valence-electron chi connectivity index (χ1n) is 8.20. The lowest BCUT2D eigenvalue weighted by Crippen LogP contribution is -2.48. The smallest absolute Gasteiger partial charge is 0.222 e. The Morgan fingerprint density at radius 3 is 2.76 bits per heavy atom. The zero-order valence-corrected chi connectivity index (χ0v) is 13.2. The number of aromatic nitrogens is 2. The summed E-state index contributed by atoms with van der Waals surface area (Å²) in [5, 5.41) is 0. The van der Waals surface area contributed by atoms with Crippen molar-refractivity contribution in [3.63, 3.8) is 0 Å². The number of hydrogen-bond acceptors (Lipinski definition) is 3. The summed E-state index contributed by atoms with van der Waals surface area (Å²) in [4.78, 5) is 21.3. The van der Waals surface area contributed by atoms with Gasteiger partial charge in [0.15, 0.2) is 0 Å². The molecule has 0 saturated carbocycles. The lowest BCUT2D eigenvalue weighted by Gasteiger charge is -2.34. The van der Waals surface area contributed by atoms with Gasteiger partial charge >= 0.3 is 0 Å². The molecule has 1 aromatic heterocycles. The summed E-state index contributed by atoms with van der Waals surface area (Å²) in [6, 6.07) is 0.930. The van der Waals surface area contributed by atoms with Gasteiger partial charge in [-0.1, -0.05) is 6.92 Å². The van der Waals surface area contributed by atoms with Gasteiger partial charge in [0, 0.05) is 44.5 Å². The van der Waals surface area contributed by atoms with E-state index in [0.717, 1.165) is 38.3 Å². The molecule has 2 atom stereocenters. The molecule has 2 fully saturated rings. The topological polar surface area (TPSA) is 41.4 Å². The SMILES string of the molecule is CCC(=O)N1CCCC1C1CCCN1Cc1nccn1C. The lowest BCUT2D eigenvalue weighted by molar-refractivity contribution is -0.132. The number of amides is 1. The summed E-state index contributed by atoms with van der Waals surface area (Å²) in [6.45, 7) is 4.95. The van der Waals surface area contributed by atoms with Gasteiger partial charge in [0.25, 0.3) is 0 Å². The molecule has 0 aliphatic carbocycles. The second-order valence-electron chi connectivity index (χ2n) is 6.28. The molecule has 2 aliphatic heterocycles. The number of imidazole rings is 1. The third-order valence-electron chi connectivity index (χ3n) is 5.05. The molecular formula is C16H26N4O. The number of rotatable bonds is 4. The molecule has 2 saturated heterocycles. The molecule has 0 N–H and O–H groups in total. The number of aryl methyl sites for hydroxylation is 1. The van der Waals surface area contributed by atoms with Crippen LogP contribution in [0, 0.1) is 0 Å². The standard InChI is InChI=1S/C16H26N4O/c1-3-16(21)20-10-5-7-14(20)13-6-4-9-19(13)12-15-17-8-11-18(15)2/h8,11,13-14H,3-7,9-10,12H2,1-2H3. The Morgan fingerprint density at radius 1 is 1.29 bits per heavy atom. The molecule has 0 radical (unpaired) electrons. The maximum absolute atomic E-state index is 12.1. The fourth-order valence-corrected chi connectivity index (χ4v) is 3.92. The van der Waals surface area contributed by atoms with E-state index in [-0.39, 0.29) is 0 Å². The molecular weight excluding hydrogens is 264 g/mol. The Bertz CT molecular complexity index is 498. The number of likely N-dealkylation sites (tertiary alicyclic amines) is 2. The van der Waals surface area contributed by atoms with Gasteiger partial charge in [0.05, 0.1) is 6.54 Å². The number of hydrogen-bond donors (Lipinski definition) is 0. The molecule has 1 amide bonds. The molecule has 0 spiro atoms. The third kappa shape index (κ3) is 2.84. The van der Waals surface area contributed by atoms with Crippen LogP contribution in [-0.4, -0.2) is 50.4 Å². The Labute approximate surface area is 126 Å². The van der Waals surface area contributed by atoms with Gasteiger partial charge in [-0.2, -0.15) is 0 Å². The Morgan fingerprint density at radius 2 is 2.05 bits per heavy atom. The number of carbonyl (C=O) groups excluding carboxylic acids is 1. The lowest BCUT2D eigenvalue weighted by atomic mass is 10.0. The largest absolute Gasteiger partial charge is 0.338 e. The first-order valence-corrected chi connectivity index (χ1v) is 8.20. The third-order valence-corrected chi connectivity index (χ3v) is 5.05. The van der Waals surface area contributed by atoms with Crippen LogP contribution in [0.4, 0.5) is 0 Å². The van der Waals surface area contributed by atoms with Crippen molar-refractivity contribution in [2.75, 3.05) is 13.1 Å². The van der Waals surface area contributed by atoms with Gasteiger partial charge in [-0.05, 0) is 32.2 Å². The van der Waals surface area contributed by atoms with Crippen molar-refractivity contribution >= 4 is 5.91 Å². The monoisotopic (exact) mass is 290 g/mol. The van der Waals surface area contributed by atoms with E-state index in [2.05, 4.69) is 26.4 Å². The number of carbonyl (C=O) groups is 1. The predicted molar refractivity (Wildman–Crippen MR) is 81.7 cm³/mol. The molecule has 0 aromatic carbocycles. The van der Waals surface area contributed by atoms with Crippen LogP contribution in [0.5, 0.6) is 0 Å². The summed E-state index contributed by atoms with van der Waals surface area (Å²) < 4.78 is 2.10. The molecule has 5 nitrogen and oxygen atoms in total. The molecule has 0 bridgehead atoms.